The highest BCUT2D eigenvalue weighted by Crippen LogP contribution is 2.29. The van der Waals surface area contributed by atoms with Gasteiger partial charge in [0.2, 0.25) is 10.0 Å². The van der Waals surface area contributed by atoms with E-state index in [9.17, 15) is 13.2 Å². The van der Waals surface area contributed by atoms with Crippen molar-refractivity contribution >= 4 is 44.9 Å². The summed E-state index contributed by atoms with van der Waals surface area (Å²) < 4.78 is 33.0. The van der Waals surface area contributed by atoms with Crippen molar-refractivity contribution < 1.29 is 17.9 Å². The highest BCUT2D eigenvalue weighted by atomic mass is 35.5. The number of anilines is 1. The number of carbonyl (C=O) groups is 1. The lowest BCUT2D eigenvalue weighted by atomic mass is 10.1. The molecule has 0 radical (unpaired) electrons. The normalized spacial score (nSPS) is 12.4. The molecule has 1 unspecified atom stereocenters. The van der Waals surface area contributed by atoms with Gasteiger partial charge in [0, 0.05) is 5.69 Å². The maximum Gasteiger partial charge on any atom is 0.337 e. The summed E-state index contributed by atoms with van der Waals surface area (Å²) in [6, 6.07) is 11.3. The summed E-state index contributed by atoms with van der Waals surface area (Å²) in [6.07, 6.45) is 1.42. The topological polar surface area (TPSA) is 72.5 Å². The first-order chi connectivity index (χ1) is 12.8. The van der Waals surface area contributed by atoms with E-state index in [1.807, 2.05) is 6.92 Å². The van der Waals surface area contributed by atoms with Crippen LogP contribution in [0.2, 0.25) is 10.0 Å². The smallest absolute Gasteiger partial charge is 0.337 e. The Morgan fingerprint density at radius 2 is 1.81 bits per heavy atom. The minimum absolute atomic E-state index is 0.253. The average molecular weight is 430 g/mol. The lowest BCUT2D eigenvalue weighted by molar-refractivity contribution is 0.0601. The van der Waals surface area contributed by atoms with Crippen LogP contribution in [0.15, 0.2) is 42.5 Å². The minimum Gasteiger partial charge on any atom is -0.465 e. The Labute approximate surface area is 169 Å². The zero-order chi connectivity index (χ0) is 20.0. The Balaban J connectivity index is 2.22. The summed E-state index contributed by atoms with van der Waals surface area (Å²) in [5.41, 5.74) is 1.41. The molecule has 2 aromatic carbocycles. The van der Waals surface area contributed by atoms with Gasteiger partial charge in [0.1, 0.15) is 0 Å². The maximum absolute atomic E-state index is 12.9. The fourth-order valence-corrected chi connectivity index (χ4v) is 4.65. The van der Waals surface area contributed by atoms with Gasteiger partial charge in [-0.05, 0) is 48.7 Å². The molecule has 0 saturated carbocycles. The van der Waals surface area contributed by atoms with E-state index in [4.69, 9.17) is 23.2 Å². The Bertz CT molecular complexity index is 898. The van der Waals surface area contributed by atoms with E-state index in [0.717, 1.165) is 0 Å². The molecule has 2 rings (SSSR count). The number of nitrogens with one attached hydrogen (secondary N) is 1. The number of carbonyl (C=O) groups excluding carboxylic acids is 1. The van der Waals surface area contributed by atoms with E-state index < -0.39 is 21.2 Å². The van der Waals surface area contributed by atoms with E-state index in [1.165, 1.54) is 31.4 Å². The van der Waals surface area contributed by atoms with Crippen LogP contribution in [0.3, 0.4) is 0 Å². The molecule has 0 heterocycles. The van der Waals surface area contributed by atoms with Crippen LogP contribution >= 0.6 is 23.2 Å². The van der Waals surface area contributed by atoms with Crippen molar-refractivity contribution in [2.24, 2.45) is 0 Å². The predicted octanol–water partition coefficient (Wildman–Crippen LogP) is 4.93. The van der Waals surface area contributed by atoms with Crippen LogP contribution < -0.4 is 4.72 Å². The largest absolute Gasteiger partial charge is 0.465 e. The van der Waals surface area contributed by atoms with Crippen molar-refractivity contribution in [1.29, 1.82) is 0 Å². The van der Waals surface area contributed by atoms with Gasteiger partial charge < -0.3 is 4.74 Å². The molecule has 0 bridgehead atoms. The molecule has 0 aliphatic rings. The number of sulfonamides is 1. The third-order valence-electron chi connectivity index (χ3n) is 4.09. The first kappa shape index (κ1) is 21.5. The van der Waals surface area contributed by atoms with Crippen molar-refractivity contribution in [2.45, 2.75) is 31.4 Å². The molecular formula is C19H21Cl2NO4S. The molecule has 1 atom stereocenters. The number of hydrogen-bond acceptors (Lipinski definition) is 4. The quantitative estimate of drug-likeness (QED) is 0.603. The Morgan fingerprint density at radius 3 is 2.41 bits per heavy atom. The van der Waals surface area contributed by atoms with Crippen LogP contribution in [0, 0.1) is 0 Å². The molecule has 2 aromatic rings. The molecule has 0 amide bonds. The zero-order valence-corrected chi connectivity index (χ0v) is 17.4. The molecule has 5 nitrogen and oxygen atoms in total. The predicted molar refractivity (Wildman–Crippen MR) is 109 cm³/mol. The van der Waals surface area contributed by atoms with Crippen molar-refractivity contribution in [3.63, 3.8) is 0 Å². The first-order valence-corrected chi connectivity index (χ1v) is 10.7. The van der Waals surface area contributed by atoms with E-state index >= 15 is 0 Å². The molecule has 0 saturated heterocycles. The van der Waals surface area contributed by atoms with Crippen molar-refractivity contribution in [3.05, 3.63) is 63.6 Å². The Morgan fingerprint density at radius 1 is 1.15 bits per heavy atom. The molecular weight excluding hydrogens is 409 g/mol. The van der Waals surface area contributed by atoms with E-state index in [2.05, 4.69) is 9.46 Å². The van der Waals surface area contributed by atoms with Crippen molar-refractivity contribution in [2.75, 3.05) is 11.8 Å². The van der Waals surface area contributed by atoms with Gasteiger partial charge in [-0.25, -0.2) is 13.2 Å². The van der Waals surface area contributed by atoms with Crippen LogP contribution in [0.4, 0.5) is 5.69 Å². The SMILES string of the molecule is CCCC(Cc1cccc(Cl)c1Cl)S(=O)(=O)Nc1ccc(C(=O)OC)cc1. The standard InChI is InChI=1S/C19H21Cl2NO4S/c1-3-5-16(12-14-6-4-7-17(20)18(14)21)27(24,25)22-15-10-8-13(9-11-15)19(23)26-2/h4,6-11,16,22H,3,5,12H2,1-2H3. The van der Waals surface area contributed by atoms with E-state index in [-0.39, 0.29) is 6.42 Å². The fraction of sp³-hybridized carbons (Fsp3) is 0.316. The number of rotatable bonds is 8. The number of esters is 1. The second kappa shape index (κ2) is 9.44. The summed E-state index contributed by atoms with van der Waals surface area (Å²) in [6.45, 7) is 1.92. The van der Waals surface area contributed by atoms with Crippen LogP contribution in [-0.2, 0) is 21.2 Å². The van der Waals surface area contributed by atoms with Gasteiger partial charge in [0.25, 0.3) is 0 Å². The Hall–Kier alpha value is -1.76. The van der Waals surface area contributed by atoms with Crippen LogP contribution in [0.5, 0.6) is 0 Å². The zero-order valence-electron chi connectivity index (χ0n) is 15.0. The van der Waals surface area contributed by atoms with E-state index in [1.54, 1.807) is 18.2 Å². The van der Waals surface area contributed by atoms with Gasteiger partial charge in [-0.3, -0.25) is 4.72 Å². The third-order valence-corrected chi connectivity index (χ3v) is 6.75. The van der Waals surface area contributed by atoms with Gasteiger partial charge in [-0.1, -0.05) is 48.7 Å². The molecule has 0 fully saturated rings. The molecule has 0 aliphatic carbocycles. The lowest BCUT2D eigenvalue weighted by Gasteiger charge is -2.19. The van der Waals surface area contributed by atoms with Gasteiger partial charge in [-0.15, -0.1) is 0 Å². The number of benzene rings is 2. The van der Waals surface area contributed by atoms with Crippen molar-refractivity contribution in [3.8, 4) is 0 Å². The molecule has 0 spiro atoms. The summed E-state index contributed by atoms with van der Waals surface area (Å²) in [5.74, 6) is -0.483. The van der Waals surface area contributed by atoms with E-state index in [0.29, 0.717) is 39.7 Å². The minimum atomic E-state index is -3.67. The molecule has 0 aliphatic heterocycles. The molecule has 146 valence electrons. The lowest BCUT2D eigenvalue weighted by Crippen LogP contribution is -2.30. The maximum atomic E-state index is 12.9. The summed E-state index contributed by atoms with van der Waals surface area (Å²) >= 11 is 12.3. The average Bonchev–Trinajstić information content (AvgIpc) is 2.64. The molecule has 1 N–H and O–H groups in total. The van der Waals surface area contributed by atoms with Gasteiger partial charge in [-0.2, -0.15) is 0 Å². The van der Waals surface area contributed by atoms with Gasteiger partial charge >= 0.3 is 5.97 Å². The van der Waals surface area contributed by atoms with Crippen LogP contribution in [-0.4, -0.2) is 26.7 Å². The molecule has 8 heteroatoms. The monoisotopic (exact) mass is 429 g/mol. The van der Waals surface area contributed by atoms with Crippen molar-refractivity contribution in [1.82, 2.24) is 0 Å². The highest BCUT2D eigenvalue weighted by Gasteiger charge is 2.26. The number of halogens is 2. The molecule has 27 heavy (non-hydrogen) atoms. The number of hydrogen-bond donors (Lipinski definition) is 1. The van der Waals surface area contributed by atoms with Crippen LogP contribution in [0.1, 0.15) is 35.7 Å². The molecule has 0 aromatic heterocycles. The third kappa shape index (κ3) is 5.61. The number of ether oxygens (including phenoxy) is 1. The summed E-state index contributed by atoms with van der Waals surface area (Å²) in [4.78, 5) is 11.5. The summed E-state index contributed by atoms with van der Waals surface area (Å²) in [7, 11) is -2.38. The second-order valence-corrected chi connectivity index (χ2v) is 8.79. The second-order valence-electron chi connectivity index (χ2n) is 6.04. The highest BCUT2D eigenvalue weighted by molar-refractivity contribution is 7.93. The Kier molecular flexibility index (Phi) is 7.53. The van der Waals surface area contributed by atoms with Crippen LogP contribution in [0.25, 0.3) is 0 Å². The first-order valence-electron chi connectivity index (χ1n) is 8.41. The number of methoxy groups -OCH3 is 1. The van der Waals surface area contributed by atoms with Gasteiger partial charge in [0.15, 0.2) is 0 Å². The van der Waals surface area contributed by atoms with Gasteiger partial charge in [0.05, 0.1) is 28.0 Å². The summed E-state index contributed by atoms with van der Waals surface area (Å²) in [5, 5.41) is 0.102. The fourth-order valence-electron chi connectivity index (χ4n) is 2.68.